The van der Waals surface area contributed by atoms with E-state index < -0.39 is 0 Å². The SMILES string of the molecule is Cc1cnc(Sc2ncccc2Cl)cc1N. The Balaban J connectivity index is 2.28. The van der Waals surface area contributed by atoms with Crippen LogP contribution in [0.4, 0.5) is 5.69 Å². The van der Waals surface area contributed by atoms with Crippen molar-refractivity contribution in [2.75, 3.05) is 5.73 Å². The molecule has 82 valence electrons. The van der Waals surface area contributed by atoms with Crippen molar-refractivity contribution in [3.05, 3.63) is 41.2 Å². The Morgan fingerprint density at radius 1 is 1.38 bits per heavy atom. The number of rotatable bonds is 2. The quantitative estimate of drug-likeness (QED) is 0.891. The number of aromatic nitrogens is 2. The van der Waals surface area contributed by atoms with E-state index in [0.717, 1.165) is 21.3 Å². The molecular formula is C11H10ClN3S. The summed E-state index contributed by atoms with van der Waals surface area (Å²) in [7, 11) is 0. The van der Waals surface area contributed by atoms with Crippen molar-refractivity contribution in [2.24, 2.45) is 0 Å². The van der Waals surface area contributed by atoms with Gasteiger partial charge in [-0.1, -0.05) is 11.6 Å². The first-order chi connectivity index (χ1) is 7.66. The summed E-state index contributed by atoms with van der Waals surface area (Å²) >= 11 is 7.41. The third kappa shape index (κ3) is 2.46. The average Bonchev–Trinajstić information content (AvgIpc) is 2.27. The van der Waals surface area contributed by atoms with Crippen LogP contribution in [0.15, 0.2) is 40.6 Å². The number of halogens is 1. The molecule has 0 atom stereocenters. The summed E-state index contributed by atoms with van der Waals surface area (Å²) in [5.41, 5.74) is 7.50. The van der Waals surface area contributed by atoms with Crippen molar-refractivity contribution in [3.63, 3.8) is 0 Å². The molecule has 0 aliphatic heterocycles. The van der Waals surface area contributed by atoms with Gasteiger partial charge in [0.2, 0.25) is 0 Å². The molecule has 0 unspecified atom stereocenters. The lowest BCUT2D eigenvalue weighted by molar-refractivity contribution is 1.08. The Labute approximate surface area is 103 Å². The zero-order chi connectivity index (χ0) is 11.5. The molecule has 2 heterocycles. The summed E-state index contributed by atoms with van der Waals surface area (Å²) in [5.74, 6) is 0. The van der Waals surface area contributed by atoms with Crippen LogP contribution in [0, 0.1) is 6.92 Å². The number of nitrogen functional groups attached to an aromatic ring is 1. The third-order valence-corrected chi connectivity index (χ3v) is 3.41. The molecule has 0 saturated heterocycles. The molecule has 0 aliphatic carbocycles. The Kier molecular flexibility index (Phi) is 3.31. The van der Waals surface area contributed by atoms with E-state index in [2.05, 4.69) is 9.97 Å². The van der Waals surface area contributed by atoms with Crippen LogP contribution in [0.5, 0.6) is 0 Å². The fraction of sp³-hybridized carbons (Fsp3) is 0.0909. The standard InChI is InChI=1S/C11H10ClN3S/c1-7-6-15-10(5-9(7)13)16-11-8(12)3-2-4-14-11/h2-6H,1H3,(H2,13,15). The van der Waals surface area contributed by atoms with Crippen molar-refractivity contribution in [1.29, 1.82) is 0 Å². The minimum Gasteiger partial charge on any atom is -0.398 e. The van der Waals surface area contributed by atoms with Gasteiger partial charge in [-0.3, -0.25) is 0 Å². The van der Waals surface area contributed by atoms with Gasteiger partial charge in [-0.15, -0.1) is 0 Å². The van der Waals surface area contributed by atoms with E-state index in [9.17, 15) is 0 Å². The van der Waals surface area contributed by atoms with Crippen LogP contribution in [0.1, 0.15) is 5.56 Å². The van der Waals surface area contributed by atoms with E-state index in [0.29, 0.717) is 5.02 Å². The highest BCUT2D eigenvalue weighted by Crippen LogP contribution is 2.30. The second-order valence-electron chi connectivity index (χ2n) is 3.27. The Morgan fingerprint density at radius 2 is 2.19 bits per heavy atom. The number of hydrogen-bond donors (Lipinski definition) is 1. The second-order valence-corrected chi connectivity index (χ2v) is 4.69. The zero-order valence-electron chi connectivity index (χ0n) is 8.64. The second kappa shape index (κ2) is 4.72. The van der Waals surface area contributed by atoms with E-state index in [4.69, 9.17) is 17.3 Å². The van der Waals surface area contributed by atoms with Crippen molar-refractivity contribution >= 4 is 29.1 Å². The van der Waals surface area contributed by atoms with Gasteiger partial charge >= 0.3 is 0 Å². The summed E-state index contributed by atoms with van der Waals surface area (Å²) in [6.45, 7) is 1.92. The van der Waals surface area contributed by atoms with Gasteiger partial charge in [-0.2, -0.15) is 0 Å². The maximum absolute atomic E-state index is 6.00. The van der Waals surface area contributed by atoms with E-state index in [-0.39, 0.29) is 0 Å². The largest absolute Gasteiger partial charge is 0.398 e. The Hall–Kier alpha value is -1.26. The van der Waals surface area contributed by atoms with Gasteiger partial charge in [0, 0.05) is 18.1 Å². The molecule has 2 N–H and O–H groups in total. The number of hydrogen-bond acceptors (Lipinski definition) is 4. The number of nitrogens with two attached hydrogens (primary N) is 1. The Bertz CT molecular complexity index is 516. The summed E-state index contributed by atoms with van der Waals surface area (Å²) in [5, 5.41) is 2.15. The van der Waals surface area contributed by atoms with E-state index in [1.54, 1.807) is 24.5 Å². The fourth-order valence-corrected chi connectivity index (χ4v) is 2.13. The minimum atomic E-state index is 0.619. The molecule has 2 aromatic rings. The monoisotopic (exact) mass is 251 g/mol. The van der Waals surface area contributed by atoms with Gasteiger partial charge in [0.05, 0.1) is 5.02 Å². The first-order valence-electron chi connectivity index (χ1n) is 4.67. The highest BCUT2D eigenvalue weighted by atomic mass is 35.5. The topological polar surface area (TPSA) is 51.8 Å². The first kappa shape index (κ1) is 11.2. The van der Waals surface area contributed by atoms with Crippen LogP contribution in [0.25, 0.3) is 0 Å². The van der Waals surface area contributed by atoms with Gasteiger partial charge in [-0.25, -0.2) is 9.97 Å². The highest BCUT2D eigenvalue weighted by molar-refractivity contribution is 7.99. The molecule has 5 heteroatoms. The molecule has 0 aliphatic rings. The lowest BCUT2D eigenvalue weighted by Crippen LogP contribution is -1.92. The number of aryl methyl sites for hydroxylation is 1. The summed E-state index contributed by atoms with van der Waals surface area (Å²) in [6, 6.07) is 5.42. The molecule has 0 amide bonds. The molecule has 0 bridgehead atoms. The van der Waals surface area contributed by atoms with Crippen molar-refractivity contribution in [1.82, 2.24) is 9.97 Å². The van der Waals surface area contributed by atoms with Crippen molar-refractivity contribution < 1.29 is 0 Å². The first-order valence-corrected chi connectivity index (χ1v) is 5.87. The molecule has 0 aromatic carbocycles. The van der Waals surface area contributed by atoms with Crippen LogP contribution in [0.2, 0.25) is 5.02 Å². The number of pyridine rings is 2. The maximum atomic E-state index is 6.00. The fourth-order valence-electron chi connectivity index (χ4n) is 1.12. The number of anilines is 1. The normalized spacial score (nSPS) is 10.4. The lowest BCUT2D eigenvalue weighted by atomic mass is 10.3. The summed E-state index contributed by atoms with van der Waals surface area (Å²) in [6.07, 6.45) is 3.44. The molecule has 2 rings (SSSR count). The average molecular weight is 252 g/mol. The van der Waals surface area contributed by atoms with Crippen molar-refractivity contribution in [3.8, 4) is 0 Å². The van der Waals surface area contributed by atoms with Crippen molar-refractivity contribution in [2.45, 2.75) is 17.0 Å². The van der Waals surface area contributed by atoms with Gasteiger partial charge in [0.25, 0.3) is 0 Å². The maximum Gasteiger partial charge on any atom is 0.121 e. The molecular weight excluding hydrogens is 242 g/mol. The molecule has 3 nitrogen and oxygen atoms in total. The van der Waals surface area contributed by atoms with Crippen LogP contribution in [-0.2, 0) is 0 Å². The van der Waals surface area contributed by atoms with E-state index >= 15 is 0 Å². The predicted molar refractivity (Wildman–Crippen MR) is 66.8 cm³/mol. The van der Waals surface area contributed by atoms with Gasteiger partial charge in [-0.05, 0) is 42.4 Å². The van der Waals surface area contributed by atoms with Gasteiger partial charge in [0.1, 0.15) is 10.1 Å². The van der Waals surface area contributed by atoms with Gasteiger partial charge < -0.3 is 5.73 Å². The van der Waals surface area contributed by atoms with Crippen LogP contribution < -0.4 is 5.73 Å². The number of nitrogens with zero attached hydrogens (tertiary/aromatic N) is 2. The molecule has 0 fully saturated rings. The predicted octanol–water partition coefficient (Wildman–Crippen LogP) is 3.17. The molecule has 0 radical (unpaired) electrons. The third-order valence-electron chi connectivity index (χ3n) is 2.05. The van der Waals surface area contributed by atoms with E-state index in [1.807, 2.05) is 13.0 Å². The van der Waals surface area contributed by atoms with Crippen LogP contribution >= 0.6 is 23.4 Å². The van der Waals surface area contributed by atoms with E-state index in [1.165, 1.54) is 11.8 Å². The lowest BCUT2D eigenvalue weighted by Gasteiger charge is -2.04. The van der Waals surface area contributed by atoms with Crippen LogP contribution in [0.3, 0.4) is 0 Å². The van der Waals surface area contributed by atoms with Crippen LogP contribution in [-0.4, -0.2) is 9.97 Å². The van der Waals surface area contributed by atoms with Gasteiger partial charge in [0.15, 0.2) is 0 Å². The molecule has 0 spiro atoms. The Morgan fingerprint density at radius 3 is 2.88 bits per heavy atom. The summed E-state index contributed by atoms with van der Waals surface area (Å²) < 4.78 is 0. The minimum absolute atomic E-state index is 0.619. The summed E-state index contributed by atoms with van der Waals surface area (Å²) in [4.78, 5) is 8.44. The smallest absolute Gasteiger partial charge is 0.121 e. The highest BCUT2D eigenvalue weighted by Gasteiger charge is 2.05. The molecule has 2 aromatic heterocycles. The zero-order valence-corrected chi connectivity index (χ0v) is 10.2. The molecule has 16 heavy (non-hydrogen) atoms. The molecule has 0 saturated carbocycles.